The summed E-state index contributed by atoms with van der Waals surface area (Å²) < 4.78 is 0. The van der Waals surface area contributed by atoms with Crippen LogP contribution < -0.4 is 5.32 Å². The minimum atomic E-state index is -1.22. The smallest absolute Gasteiger partial charge is 0.328 e. The lowest BCUT2D eigenvalue weighted by Gasteiger charge is -2.37. The molecule has 0 aliphatic carbocycles. The molecule has 1 aliphatic rings. The molecule has 18 heavy (non-hydrogen) atoms. The van der Waals surface area contributed by atoms with E-state index in [2.05, 4.69) is 12.2 Å². The predicted octanol–water partition coefficient (Wildman–Crippen LogP) is 2.21. The molecule has 1 aliphatic heterocycles. The Morgan fingerprint density at radius 2 is 2.06 bits per heavy atom. The van der Waals surface area contributed by atoms with Crippen LogP contribution >= 0.6 is 0 Å². The molecule has 104 valence electrons. The number of rotatable bonds is 4. The first-order valence-corrected chi connectivity index (χ1v) is 6.70. The number of piperidine rings is 1. The molecule has 2 N–H and O–H groups in total. The number of carboxylic acids is 1. The number of hydrogen-bond donors (Lipinski definition) is 2. The van der Waals surface area contributed by atoms with Crippen LogP contribution in [0.3, 0.4) is 0 Å². The third kappa shape index (κ3) is 3.62. The number of nitrogens with zero attached hydrogens (tertiary/aromatic N) is 1. The standard InChI is InChI=1S/C13H24N2O3/c1-4-7-10-8-5-6-9-15(10)12(18)14-13(2,3)11(16)17/h10H,4-9H2,1-3H3,(H,14,18)(H,16,17). The van der Waals surface area contributed by atoms with Gasteiger partial charge in [0.05, 0.1) is 0 Å². The number of likely N-dealkylation sites (tertiary alicyclic amines) is 1. The van der Waals surface area contributed by atoms with E-state index in [-0.39, 0.29) is 12.1 Å². The topological polar surface area (TPSA) is 69.6 Å². The first-order valence-electron chi connectivity index (χ1n) is 6.70. The molecule has 1 rings (SSSR count). The number of urea groups is 1. The molecule has 5 heteroatoms. The van der Waals surface area contributed by atoms with Crippen molar-refractivity contribution in [2.75, 3.05) is 6.54 Å². The van der Waals surface area contributed by atoms with Crippen molar-refractivity contribution in [3.8, 4) is 0 Å². The van der Waals surface area contributed by atoms with Crippen molar-refractivity contribution in [3.05, 3.63) is 0 Å². The van der Waals surface area contributed by atoms with Crippen LogP contribution in [0.25, 0.3) is 0 Å². The molecule has 1 atom stereocenters. The van der Waals surface area contributed by atoms with Crippen LogP contribution in [0.2, 0.25) is 0 Å². The number of carbonyl (C=O) groups excluding carboxylic acids is 1. The SMILES string of the molecule is CCCC1CCCCN1C(=O)NC(C)(C)C(=O)O. The van der Waals surface area contributed by atoms with Gasteiger partial charge in [-0.1, -0.05) is 13.3 Å². The van der Waals surface area contributed by atoms with E-state index in [9.17, 15) is 9.59 Å². The molecule has 0 saturated carbocycles. The fourth-order valence-electron chi connectivity index (χ4n) is 2.29. The van der Waals surface area contributed by atoms with E-state index in [0.29, 0.717) is 0 Å². The summed E-state index contributed by atoms with van der Waals surface area (Å²) in [6, 6.07) is 0.00824. The molecular formula is C13H24N2O3. The van der Waals surface area contributed by atoms with Crippen molar-refractivity contribution in [2.24, 2.45) is 0 Å². The molecular weight excluding hydrogens is 232 g/mol. The van der Waals surface area contributed by atoms with Gasteiger partial charge in [0.25, 0.3) is 0 Å². The van der Waals surface area contributed by atoms with E-state index < -0.39 is 11.5 Å². The lowest BCUT2D eigenvalue weighted by atomic mass is 9.98. The molecule has 1 fully saturated rings. The van der Waals surface area contributed by atoms with Gasteiger partial charge in [-0.3, -0.25) is 0 Å². The summed E-state index contributed by atoms with van der Waals surface area (Å²) >= 11 is 0. The summed E-state index contributed by atoms with van der Waals surface area (Å²) in [5.74, 6) is -1.01. The highest BCUT2D eigenvalue weighted by atomic mass is 16.4. The van der Waals surface area contributed by atoms with Gasteiger partial charge in [0.1, 0.15) is 5.54 Å². The van der Waals surface area contributed by atoms with Crippen LogP contribution in [0.5, 0.6) is 0 Å². The molecule has 1 unspecified atom stereocenters. The fraction of sp³-hybridized carbons (Fsp3) is 0.846. The maximum absolute atomic E-state index is 12.2. The van der Waals surface area contributed by atoms with E-state index in [0.717, 1.165) is 38.6 Å². The number of carbonyl (C=O) groups is 2. The van der Waals surface area contributed by atoms with Gasteiger partial charge in [0.2, 0.25) is 0 Å². The Kier molecular flexibility index (Phi) is 4.99. The van der Waals surface area contributed by atoms with Gasteiger partial charge >= 0.3 is 12.0 Å². The molecule has 0 bridgehead atoms. The molecule has 0 radical (unpaired) electrons. The van der Waals surface area contributed by atoms with Gasteiger partial charge in [0, 0.05) is 12.6 Å². The van der Waals surface area contributed by atoms with Crippen LogP contribution in [-0.4, -0.2) is 40.1 Å². The van der Waals surface area contributed by atoms with Gasteiger partial charge in [-0.25, -0.2) is 9.59 Å². The zero-order valence-electron chi connectivity index (χ0n) is 11.5. The second kappa shape index (κ2) is 6.07. The number of nitrogens with one attached hydrogen (secondary N) is 1. The van der Waals surface area contributed by atoms with E-state index in [4.69, 9.17) is 5.11 Å². The zero-order chi connectivity index (χ0) is 13.8. The lowest BCUT2D eigenvalue weighted by molar-refractivity contribution is -0.143. The van der Waals surface area contributed by atoms with Gasteiger partial charge in [-0.05, 0) is 39.5 Å². The fourth-order valence-corrected chi connectivity index (χ4v) is 2.29. The van der Waals surface area contributed by atoms with Crippen molar-refractivity contribution in [1.29, 1.82) is 0 Å². The van der Waals surface area contributed by atoms with Gasteiger partial charge in [-0.15, -0.1) is 0 Å². The third-order valence-corrected chi connectivity index (χ3v) is 3.46. The quantitative estimate of drug-likeness (QED) is 0.810. The minimum Gasteiger partial charge on any atom is -0.480 e. The van der Waals surface area contributed by atoms with E-state index in [1.165, 1.54) is 13.8 Å². The number of hydrogen-bond acceptors (Lipinski definition) is 2. The maximum Gasteiger partial charge on any atom is 0.328 e. The predicted molar refractivity (Wildman–Crippen MR) is 69.5 cm³/mol. The number of amides is 2. The summed E-state index contributed by atoms with van der Waals surface area (Å²) in [5, 5.41) is 11.6. The number of aliphatic carboxylic acids is 1. The average Bonchev–Trinajstić information content (AvgIpc) is 2.29. The number of carboxylic acid groups (broad SMARTS) is 1. The Labute approximate surface area is 109 Å². The molecule has 0 aromatic carbocycles. The Hall–Kier alpha value is -1.26. The minimum absolute atomic E-state index is 0.249. The van der Waals surface area contributed by atoms with Crippen LogP contribution in [0.15, 0.2) is 0 Å². The Bertz CT molecular complexity index is 313. The largest absolute Gasteiger partial charge is 0.480 e. The van der Waals surface area contributed by atoms with E-state index in [1.54, 1.807) is 4.90 Å². The Morgan fingerprint density at radius 1 is 1.39 bits per heavy atom. The lowest BCUT2D eigenvalue weighted by Crippen LogP contribution is -2.57. The van der Waals surface area contributed by atoms with Gasteiger partial charge < -0.3 is 15.3 Å². The van der Waals surface area contributed by atoms with Crippen LogP contribution in [0, 0.1) is 0 Å². The van der Waals surface area contributed by atoms with Gasteiger partial charge in [0.15, 0.2) is 0 Å². The normalized spacial score (nSPS) is 20.6. The van der Waals surface area contributed by atoms with Crippen LogP contribution in [0.4, 0.5) is 4.79 Å². The molecule has 1 saturated heterocycles. The maximum atomic E-state index is 12.2. The first kappa shape index (κ1) is 14.8. The molecule has 0 spiro atoms. The van der Waals surface area contributed by atoms with Crippen molar-refractivity contribution in [1.82, 2.24) is 10.2 Å². The zero-order valence-corrected chi connectivity index (χ0v) is 11.5. The van der Waals surface area contributed by atoms with Crippen LogP contribution in [-0.2, 0) is 4.79 Å². The molecule has 0 aromatic rings. The summed E-state index contributed by atoms with van der Waals surface area (Å²) in [4.78, 5) is 25.0. The molecule has 5 nitrogen and oxygen atoms in total. The summed E-state index contributed by atoms with van der Waals surface area (Å²) in [6.45, 7) is 5.84. The highest BCUT2D eigenvalue weighted by Gasteiger charge is 2.33. The van der Waals surface area contributed by atoms with Crippen molar-refractivity contribution < 1.29 is 14.7 Å². The van der Waals surface area contributed by atoms with Gasteiger partial charge in [-0.2, -0.15) is 0 Å². The molecule has 2 amide bonds. The molecule has 0 aromatic heterocycles. The second-order valence-electron chi connectivity index (χ2n) is 5.49. The molecule has 1 heterocycles. The van der Waals surface area contributed by atoms with Crippen molar-refractivity contribution in [3.63, 3.8) is 0 Å². The van der Waals surface area contributed by atoms with E-state index >= 15 is 0 Å². The highest BCUT2D eigenvalue weighted by Crippen LogP contribution is 2.21. The Morgan fingerprint density at radius 3 is 2.61 bits per heavy atom. The summed E-state index contributed by atoms with van der Waals surface area (Å²) in [5.41, 5.74) is -1.22. The highest BCUT2D eigenvalue weighted by molar-refractivity contribution is 5.85. The second-order valence-corrected chi connectivity index (χ2v) is 5.49. The average molecular weight is 256 g/mol. The summed E-state index contributed by atoms with van der Waals surface area (Å²) in [6.07, 6.45) is 5.20. The summed E-state index contributed by atoms with van der Waals surface area (Å²) in [7, 11) is 0. The third-order valence-electron chi connectivity index (χ3n) is 3.46. The van der Waals surface area contributed by atoms with Crippen molar-refractivity contribution in [2.45, 2.75) is 64.5 Å². The van der Waals surface area contributed by atoms with Crippen molar-refractivity contribution >= 4 is 12.0 Å². The van der Waals surface area contributed by atoms with E-state index in [1.807, 2.05) is 0 Å². The Balaban J connectivity index is 2.66. The monoisotopic (exact) mass is 256 g/mol. The van der Waals surface area contributed by atoms with Crippen LogP contribution in [0.1, 0.15) is 52.9 Å². The first-order chi connectivity index (χ1) is 8.38.